The second-order valence-electron chi connectivity index (χ2n) is 5.07. The Kier molecular flexibility index (Phi) is 7.96. The van der Waals surface area contributed by atoms with E-state index >= 15 is 0 Å². The Labute approximate surface area is 129 Å². The number of carbonyl (C=O) groups excluding carboxylic acids is 1. The van der Waals surface area contributed by atoms with Gasteiger partial charge in [0.2, 0.25) is 5.91 Å². The third kappa shape index (κ3) is 7.61. The molecule has 1 aromatic carbocycles. The van der Waals surface area contributed by atoms with Gasteiger partial charge in [-0.05, 0) is 43.5 Å². The second kappa shape index (κ2) is 9.76. The molecule has 6 heteroatoms. The number of unbranched alkanes of at least 4 members (excludes halogenated alkanes) is 1. The molecule has 1 N–H and O–H groups in total. The van der Waals surface area contributed by atoms with Crippen molar-refractivity contribution in [3.8, 4) is 5.75 Å². The van der Waals surface area contributed by atoms with Crippen molar-refractivity contribution < 1.29 is 23.8 Å². The zero-order chi connectivity index (χ0) is 16.4. The van der Waals surface area contributed by atoms with Gasteiger partial charge >= 0.3 is 5.97 Å². The maximum Gasteiger partial charge on any atom is 0.303 e. The molecular formula is C16H22FNO4. The van der Waals surface area contributed by atoms with Gasteiger partial charge in [-0.15, -0.1) is 0 Å². The van der Waals surface area contributed by atoms with Gasteiger partial charge in [0, 0.05) is 26.4 Å². The normalized spacial score (nSPS) is 10.3. The number of carboxylic acid groups (broad SMARTS) is 1. The van der Waals surface area contributed by atoms with E-state index in [2.05, 4.69) is 0 Å². The van der Waals surface area contributed by atoms with Crippen molar-refractivity contribution in [2.75, 3.05) is 20.2 Å². The zero-order valence-corrected chi connectivity index (χ0v) is 12.8. The fourth-order valence-electron chi connectivity index (χ4n) is 1.89. The van der Waals surface area contributed by atoms with Crippen LogP contribution in [0.3, 0.4) is 0 Å². The molecule has 0 aliphatic rings. The van der Waals surface area contributed by atoms with Gasteiger partial charge in [0.15, 0.2) is 0 Å². The molecule has 122 valence electrons. The van der Waals surface area contributed by atoms with Crippen LogP contribution in [0.1, 0.15) is 32.1 Å². The lowest BCUT2D eigenvalue weighted by atomic mass is 10.2. The van der Waals surface area contributed by atoms with E-state index in [4.69, 9.17) is 9.84 Å². The number of rotatable bonds is 10. The van der Waals surface area contributed by atoms with E-state index in [1.807, 2.05) is 0 Å². The number of nitrogens with zero attached hydrogens (tertiary/aromatic N) is 1. The van der Waals surface area contributed by atoms with E-state index in [0.717, 1.165) is 0 Å². The Morgan fingerprint density at radius 1 is 1.14 bits per heavy atom. The molecule has 22 heavy (non-hydrogen) atoms. The van der Waals surface area contributed by atoms with Gasteiger partial charge in [0.05, 0.1) is 6.61 Å². The minimum Gasteiger partial charge on any atom is -0.494 e. The molecule has 0 aromatic heterocycles. The van der Waals surface area contributed by atoms with E-state index in [1.165, 1.54) is 12.1 Å². The fraction of sp³-hybridized carbons (Fsp3) is 0.500. The number of aliphatic carboxylic acids is 1. The number of ether oxygens (including phenoxy) is 1. The number of hydrogen-bond acceptors (Lipinski definition) is 3. The summed E-state index contributed by atoms with van der Waals surface area (Å²) >= 11 is 0. The molecule has 0 bridgehead atoms. The summed E-state index contributed by atoms with van der Waals surface area (Å²) in [6.45, 7) is 1.02. The van der Waals surface area contributed by atoms with E-state index in [1.54, 1.807) is 24.1 Å². The zero-order valence-electron chi connectivity index (χ0n) is 12.8. The number of hydrogen-bond donors (Lipinski definition) is 1. The average molecular weight is 311 g/mol. The first-order valence-electron chi connectivity index (χ1n) is 7.33. The standard InChI is InChI=1S/C16H22FNO4/c1-18(15(19)5-2-3-6-16(20)21)11-4-12-22-14-9-7-13(17)8-10-14/h7-10H,2-6,11-12H2,1H3,(H,20,21). The van der Waals surface area contributed by atoms with Crippen molar-refractivity contribution in [1.29, 1.82) is 0 Å². The van der Waals surface area contributed by atoms with Crippen LogP contribution < -0.4 is 4.74 Å². The van der Waals surface area contributed by atoms with E-state index < -0.39 is 5.97 Å². The highest BCUT2D eigenvalue weighted by atomic mass is 19.1. The summed E-state index contributed by atoms with van der Waals surface area (Å²) in [5.41, 5.74) is 0. The molecule has 0 saturated carbocycles. The molecule has 0 unspecified atom stereocenters. The summed E-state index contributed by atoms with van der Waals surface area (Å²) in [4.78, 5) is 23.8. The monoisotopic (exact) mass is 311 g/mol. The highest BCUT2D eigenvalue weighted by Gasteiger charge is 2.08. The quantitative estimate of drug-likeness (QED) is 0.675. The summed E-state index contributed by atoms with van der Waals surface area (Å²) in [6, 6.07) is 5.80. The molecule has 1 aromatic rings. The van der Waals surface area contributed by atoms with Crippen LogP contribution in [0.25, 0.3) is 0 Å². The summed E-state index contributed by atoms with van der Waals surface area (Å²) in [6.07, 6.45) is 2.24. The molecule has 0 atom stereocenters. The van der Waals surface area contributed by atoms with Crippen LogP contribution in [0.5, 0.6) is 5.75 Å². The van der Waals surface area contributed by atoms with Crippen molar-refractivity contribution in [1.82, 2.24) is 4.90 Å². The van der Waals surface area contributed by atoms with Crippen molar-refractivity contribution in [3.05, 3.63) is 30.1 Å². The van der Waals surface area contributed by atoms with Crippen molar-refractivity contribution in [3.63, 3.8) is 0 Å². The van der Waals surface area contributed by atoms with Crippen LogP contribution in [-0.2, 0) is 9.59 Å². The van der Waals surface area contributed by atoms with Gasteiger partial charge in [-0.25, -0.2) is 4.39 Å². The highest BCUT2D eigenvalue weighted by Crippen LogP contribution is 2.11. The first kappa shape index (κ1) is 17.9. The molecule has 0 aliphatic heterocycles. The Balaban J connectivity index is 2.11. The third-order valence-electron chi connectivity index (χ3n) is 3.18. The van der Waals surface area contributed by atoms with Crippen LogP contribution in [0, 0.1) is 5.82 Å². The van der Waals surface area contributed by atoms with Gasteiger partial charge in [-0.2, -0.15) is 0 Å². The lowest BCUT2D eigenvalue weighted by molar-refractivity contribution is -0.137. The number of benzene rings is 1. The predicted molar refractivity (Wildman–Crippen MR) is 80.3 cm³/mol. The van der Waals surface area contributed by atoms with Crippen LogP contribution in [-0.4, -0.2) is 42.1 Å². The first-order chi connectivity index (χ1) is 10.5. The minimum absolute atomic E-state index is 0.00664. The molecule has 1 rings (SSSR count). The smallest absolute Gasteiger partial charge is 0.303 e. The van der Waals surface area contributed by atoms with Gasteiger partial charge in [0.1, 0.15) is 11.6 Å². The minimum atomic E-state index is -0.834. The molecule has 0 aliphatic carbocycles. The van der Waals surface area contributed by atoms with Gasteiger partial charge in [-0.3, -0.25) is 9.59 Å². The molecule has 0 spiro atoms. The predicted octanol–water partition coefficient (Wildman–Crippen LogP) is 2.70. The largest absolute Gasteiger partial charge is 0.494 e. The average Bonchev–Trinajstić information content (AvgIpc) is 2.49. The van der Waals surface area contributed by atoms with E-state index in [0.29, 0.717) is 44.6 Å². The molecule has 0 heterocycles. The van der Waals surface area contributed by atoms with Crippen LogP contribution in [0.4, 0.5) is 4.39 Å². The van der Waals surface area contributed by atoms with Gasteiger partial charge < -0.3 is 14.7 Å². The molecule has 0 saturated heterocycles. The highest BCUT2D eigenvalue weighted by molar-refractivity contribution is 5.75. The lowest BCUT2D eigenvalue weighted by Gasteiger charge is -2.17. The number of carboxylic acids is 1. The van der Waals surface area contributed by atoms with Gasteiger partial charge in [0.25, 0.3) is 0 Å². The Morgan fingerprint density at radius 2 is 1.77 bits per heavy atom. The number of carbonyl (C=O) groups is 2. The van der Waals surface area contributed by atoms with Crippen LogP contribution in [0.15, 0.2) is 24.3 Å². The molecule has 0 fully saturated rings. The molecular weight excluding hydrogens is 289 g/mol. The Morgan fingerprint density at radius 3 is 2.41 bits per heavy atom. The van der Waals surface area contributed by atoms with Gasteiger partial charge in [-0.1, -0.05) is 0 Å². The Hall–Kier alpha value is -2.11. The first-order valence-corrected chi connectivity index (χ1v) is 7.33. The van der Waals surface area contributed by atoms with Crippen LogP contribution in [0.2, 0.25) is 0 Å². The SMILES string of the molecule is CN(CCCOc1ccc(F)cc1)C(=O)CCCCC(=O)O. The topological polar surface area (TPSA) is 66.8 Å². The third-order valence-corrected chi connectivity index (χ3v) is 3.18. The second-order valence-corrected chi connectivity index (χ2v) is 5.07. The van der Waals surface area contributed by atoms with Crippen molar-refractivity contribution in [2.45, 2.75) is 32.1 Å². The maximum absolute atomic E-state index is 12.7. The van der Waals surface area contributed by atoms with E-state index in [-0.39, 0.29) is 18.1 Å². The van der Waals surface area contributed by atoms with Crippen molar-refractivity contribution >= 4 is 11.9 Å². The van der Waals surface area contributed by atoms with E-state index in [9.17, 15) is 14.0 Å². The Bertz CT molecular complexity index is 476. The fourth-order valence-corrected chi connectivity index (χ4v) is 1.89. The van der Waals surface area contributed by atoms with Crippen molar-refractivity contribution in [2.24, 2.45) is 0 Å². The number of halogens is 1. The molecule has 1 amide bonds. The number of amides is 1. The maximum atomic E-state index is 12.7. The summed E-state index contributed by atoms with van der Waals surface area (Å²) in [5.74, 6) is -0.532. The lowest BCUT2D eigenvalue weighted by Crippen LogP contribution is -2.28. The summed E-state index contributed by atoms with van der Waals surface area (Å²) in [7, 11) is 1.72. The van der Waals surface area contributed by atoms with Crippen LogP contribution >= 0.6 is 0 Å². The summed E-state index contributed by atoms with van der Waals surface area (Å²) < 4.78 is 18.2. The molecule has 5 nitrogen and oxygen atoms in total. The molecule has 0 radical (unpaired) electrons. The summed E-state index contributed by atoms with van der Waals surface area (Å²) in [5, 5.41) is 8.51.